The second-order valence-corrected chi connectivity index (χ2v) is 12.2. The van der Waals surface area contributed by atoms with Crippen LogP contribution in [0.1, 0.15) is 42.1 Å². The van der Waals surface area contributed by atoms with Crippen molar-refractivity contribution in [3.63, 3.8) is 0 Å². The molecule has 5 amide bonds. The molecule has 2 aromatic carbocycles. The number of primary amides is 1. The van der Waals surface area contributed by atoms with Crippen LogP contribution >= 0.6 is 11.6 Å². The molecule has 49 heavy (non-hydrogen) atoms. The molecule has 4 rings (SSSR count). The van der Waals surface area contributed by atoms with E-state index < -0.39 is 53.7 Å². The summed E-state index contributed by atoms with van der Waals surface area (Å²) in [5, 5.41) is 8.65. The van der Waals surface area contributed by atoms with Gasteiger partial charge in [-0.25, -0.2) is 4.98 Å². The molecule has 10 N–H and O–H groups in total. The number of imidazole rings is 1. The molecule has 0 bridgehead atoms. The van der Waals surface area contributed by atoms with E-state index in [4.69, 9.17) is 28.8 Å². The van der Waals surface area contributed by atoms with Crippen molar-refractivity contribution in [2.24, 2.45) is 22.2 Å². The fourth-order valence-corrected chi connectivity index (χ4v) is 5.78. The highest BCUT2D eigenvalue weighted by Crippen LogP contribution is 2.25. The first-order chi connectivity index (χ1) is 23.4. The van der Waals surface area contributed by atoms with E-state index in [1.807, 2.05) is 24.3 Å². The van der Waals surface area contributed by atoms with E-state index in [1.165, 1.54) is 24.3 Å². The molecule has 15 nitrogen and oxygen atoms in total. The quantitative estimate of drug-likeness (QED) is 0.0638. The van der Waals surface area contributed by atoms with Crippen molar-refractivity contribution >= 4 is 47.1 Å². The number of nitrogens with two attached hydrogens (primary N) is 3. The third kappa shape index (κ3) is 10.5. The minimum atomic E-state index is -1.16. The summed E-state index contributed by atoms with van der Waals surface area (Å²) in [4.78, 5) is 78.7. The Kier molecular flexibility index (Phi) is 12.7. The van der Waals surface area contributed by atoms with Crippen molar-refractivity contribution in [2.75, 3.05) is 6.54 Å². The molecule has 2 heterocycles. The van der Waals surface area contributed by atoms with Gasteiger partial charge in [0.1, 0.15) is 24.2 Å². The van der Waals surface area contributed by atoms with Gasteiger partial charge in [0, 0.05) is 56.2 Å². The lowest BCUT2D eigenvalue weighted by Gasteiger charge is -2.37. The van der Waals surface area contributed by atoms with E-state index in [2.05, 4.69) is 30.9 Å². The monoisotopic (exact) mass is 692 g/mol. The molecule has 0 saturated carbocycles. The number of hydrogen-bond acceptors (Lipinski definition) is 7. The Morgan fingerprint density at radius 1 is 0.939 bits per heavy atom. The van der Waals surface area contributed by atoms with E-state index >= 15 is 0 Å². The van der Waals surface area contributed by atoms with Crippen LogP contribution in [-0.2, 0) is 49.8 Å². The van der Waals surface area contributed by atoms with Crippen LogP contribution < -0.4 is 33.2 Å². The molecule has 4 atom stereocenters. The van der Waals surface area contributed by atoms with Crippen molar-refractivity contribution in [2.45, 2.75) is 69.7 Å². The fourth-order valence-electron chi connectivity index (χ4n) is 5.65. The number of nitrogens with one attached hydrogen (secondary N) is 4. The van der Waals surface area contributed by atoms with Crippen LogP contribution in [0.2, 0.25) is 5.02 Å². The topological polar surface area (TPSA) is 244 Å². The first-order valence-corrected chi connectivity index (χ1v) is 16.1. The number of aromatic nitrogens is 2. The third-order valence-electron chi connectivity index (χ3n) is 8.08. The number of benzene rings is 2. The average molecular weight is 693 g/mol. The van der Waals surface area contributed by atoms with Gasteiger partial charge in [0.05, 0.1) is 6.33 Å². The lowest BCUT2D eigenvalue weighted by atomic mass is 9.92. The second kappa shape index (κ2) is 17.1. The average Bonchev–Trinajstić information content (AvgIpc) is 3.58. The minimum absolute atomic E-state index is 0.0500. The van der Waals surface area contributed by atoms with Gasteiger partial charge in [-0.2, -0.15) is 0 Å². The Hall–Kier alpha value is -5.44. The smallest absolute Gasteiger partial charge is 0.246 e. The number of aromatic amines is 1. The largest absolute Gasteiger partial charge is 0.370 e. The summed E-state index contributed by atoms with van der Waals surface area (Å²) < 4.78 is 0. The highest BCUT2D eigenvalue weighted by molar-refractivity contribution is 6.30. The van der Waals surface area contributed by atoms with Crippen molar-refractivity contribution in [1.29, 1.82) is 0 Å². The van der Waals surface area contributed by atoms with E-state index in [1.54, 1.807) is 24.3 Å². The van der Waals surface area contributed by atoms with Crippen LogP contribution in [0.5, 0.6) is 0 Å². The summed E-state index contributed by atoms with van der Waals surface area (Å²) in [5.41, 5.74) is 19.7. The lowest BCUT2D eigenvalue weighted by molar-refractivity contribution is -0.144. The zero-order valence-electron chi connectivity index (χ0n) is 27.0. The maximum Gasteiger partial charge on any atom is 0.246 e. The van der Waals surface area contributed by atoms with Crippen LogP contribution in [0, 0.1) is 0 Å². The Bertz CT molecular complexity index is 1660. The summed E-state index contributed by atoms with van der Waals surface area (Å²) in [6.07, 6.45) is 3.71. The Morgan fingerprint density at radius 3 is 2.24 bits per heavy atom. The summed E-state index contributed by atoms with van der Waals surface area (Å²) >= 11 is 6.10. The van der Waals surface area contributed by atoms with Crippen molar-refractivity contribution < 1.29 is 24.0 Å². The number of carbonyl (C=O) groups excluding carboxylic acids is 5. The fraction of sp³-hybridized carbons (Fsp3) is 0.364. The standard InChI is InChI=1S/C33H41ClN10O5/c1-19(45)41-26(15-24-16-38-18-40-24)31(48)42-25(7-4-12-39-33(36)37)30(47)43-27(13-20-8-10-23(34)11-9-20)32(49)44-17-22-6-3-2-5-21(22)14-28(44)29(35)46/h2-3,5-6,8-11,16,18,25-28H,4,7,12-15,17H2,1H3,(H2,35,46)(H,38,40)(H,41,45)(H,42,48)(H,43,47)(H4,36,37,39)/t25-,26-,27+,28-/m0/s1. The van der Waals surface area contributed by atoms with Crippen LogP contribution in [0.3, 0.4) is 0 Å². The molecule has 1 aliphatic rings. The van der Waals surface area contributed by atoms with E-state index in [0.717, 1.165) is 11.1 Å². The Balaban J connectivity index is 1.62. The molecule has 3 aromatic rings. The normalized spacial score (nSPS) is 15.6. The van der Waals surface area contributed by atoms with Gasteiger partial charge in [-0.15, -0.1) is 0 Å². The van der Waals surface area contributed by atoms with Gasteiger partial charge >= 0.3 is 0 Å². The first kappa shape index (κ1) is 36.4. The van der Waals surface area contributed by atoms with E-state index in [-0.39, 0.29) is 44.7 Å². The van der Waals surface area contributed by atoms with Gasteiger partial charge < -0.3 is 43.0 Å². The zero-order chi connectivity index (χ0) is 35.5. The number of amides is 5. The van der Waals surface area contributed by atoms with E-state index in [9.17, 15) is 24.0 Å². The predicted molar refractivity (Wildman–Crippen MR) is 183 cm³/mol. The maximum absolute atomic E-state index is 14.3. The van der Waals surface area contributed by atoms with Crippen molar-refractivity contribution in [1.82, 2.24) is 30.8 Å². The molecular formula is C33H41ClN10O5. The number of hydrogen-bond donors (Lipinski definition) is 7. The summed E-state index contributed by atoms with van der Waals surface area (Å²) in [7, 11) is 0. The molecule has 0 fully saturated rings. The molecule has 0 saturated heterocycles. The van der Waals surface area contributed by atoms with Crippen LogP contribution in [0.4, 0.5) is 0 Å². The van der Waals surface area contributed by atoms with Gasteiger partial charge in [0.25, 0.3) is 0 Å². The molecule has 0 radical (unpaired) electrons. The molecule has 16 heteroatoms. The number of rotatable bonds is 15. The predicted octanol–water partition coefficient (Wildman–Crippen LogP) is -0.185. The molecular weight excluding hydrogens is 652 g/mol. The number of nitrogens with zero attached hydrogens (tertiary/aromatic N) is 3. The number of guanidine groups is 1. The lowest BCUT2D eigenvalue weighted by Crippen LogP contribution is -2.60. The Labute approximate surface area is 288 Å². The molecule has 260 valence electrons. The highest BCUT2D eigenvalue weighted by atomic mass is 35.5. The van der Waals surface area contributed by atoms with Crippen molar-refractivity contribution in [3.8, 4) is 0 Å². The minimum Gasteiger partial charge on any atom is -0.370 e. The first-order valence-electron chi connectivity index (χ1n) is 15.7. The number of aliphatic imine (C=N–C) groups is 1. The van der Waals surface area contributed by atoms with E-state index in [0.29, 0.717) is 22.7 Å². The summed E-state index contributed by atoms with van der Waals surface area (Å²) in [6, 6.07) is 9.94. The Morgan fingerprint density at radius 2 is 1.61 bits per heavy atom. The maximum atomic E-state index is 14.3. The zero-order valence-corrected chi connectivity index (χ0v) is 27.8. The van der Waals surface area contributed by atoms with Gasteiger partial charge in [0.15, 0.2) is 5.96 Å². The number of carbonyl (C=O) groups is 5. The summed E-state index contributed by atoms with van der Waals surface area (Å²) in [5.74, 6) is -3.08. The molecule has 1 aromatic heterocycles. The van der Waals surface area contributed by atoms with Crippen LogP contribution in [0.25, 0.3) is 0 Å². The SMILES string of the molecule is CC(=O)N[C@@H](Cc1cnc[nH]1)C(=O)N[C@@H](CCCN=C(N)N)C(=O)N[C@H](Cc1ccc(Cl)cc1)C(=O)N1Cc2ccccc2C[C@H]1C(N)=O. The van der Waals surface area contributed by atoms with Gasteiger partial charge in [0.2, 0.25) is 29.5 Å². The third-order valence-corrected chi connectivity index (χ3v) is 8.33. The number of H-pyrrole nitrogens is 1. The van der Waals surface area contributed by atoms with Gasteiger partial charge in [-0.1, -0.05) is 48.0 Å². The molecule has 0 unspecified atom stereocenters. The number of halogens is 1. The summed E-state index contributed by atoms with van der Waals surface area (Å²) in [6.45, 7) is 1.56. The molecule has 1 aliphatic heterocycles. The van der Waals surface area contributed by atoms with Crippen molar-refractivity contribution in [3.05, 3.63) is 88.5 Å². The van der Waals surface area contributed by atoms with Crippen LogP contribution in [-0.4, -0.2) is 81.1 Å². The van der Waals surface area contributed by atoms with Gasteiger partial charge in [-0.05, 0) is 41.7 Å². The molecule has 0 spiro atoms. The molecule has 0 aliphatic carbocycles. The second-order valence-electron chi connectivity index (χ2n) is 11.8. The number of fused-ring (bicyclic) bond motifs is 1. The van der Waals surface area contributed by atoms with Gasteiger partial charge in [-0.3, -0.25) is 29.0 Å². The highest BCUT2D eigenvalue weighted by Gasteiger charge is 2.38. The van der Waals surface area contributed by atoms with Crippen LogP contribution in [0.15, 0.2) is 66.0 Å².